The second-order valence-corrected chi connectivity index (χ2v) is 10.2. The first-order valence-corrected chi connectivity index (χ1v) is 12.2. The molecule has 0 saturated heterocycles. The van der Waals surface area contributed by atoms with Crippen LogP contribution in [-0.2, 0) is 12.6 Å². The number of unbranched alkanes of at least 4 members (excludes halogenated alkanes) is 1. The number of rotatable bonds is 10. The SMILES string of the molecule is CC1(C)Cc2cc(C(F)(F)F)cc(OCCCCOc3c(Cl)cc(OCC=C(Cl)Cl)cc3Cl)c2O1. The number of alkyl halides is 3. The van der Waals surface area contributed by atoms with E-state index in [4.69, 9.17) is 65.4 Å². The van der Waals surface area contributed by atoms with E-state index in [2.05, 4.69) is 0 Å². The molecule has 0 fully saturated rings. The molecule has 0 atom stereocenters. The Labute approximate surface area is 221 Å². The van der Waals surface area contributed by atoms with Crippen LogP contribution in [0.1, 0.15) is 37.8 Å². The number of hydrogen-bond donors (Lipinski definition) is 0. The normalized spacial score (nSPS) is 14.2. The van der Waals surface area contributed by atoms with Gasteiger partial charge < -0.3 is 18.9 Å². The van der Waals surface area contributed by atoms with Crippen LogP contribution in [-0.4, -0.2) is 25.4 Å². The Morgan fingerprint density at radius 3 is 2.23 bits per heavy atom. The van der Waals surface area contributed by atoms with Crippen molar-refractivity contribution in [3.63, 3.8) is 0 Å². The first kappa shape index (κ1) is 27.9. The van der Waals surface area contributed by atoms with E-state index in [0.29, 0.717) is 42.1 Å². The van der Waals surface area contributed by atoms with Gasteiger partial charge in [0.15, 0.2) is 17.2 Å². The minimum absolute atomic E-state index is 0.0833. The van der Waals surface area contributed by atoms with Crippen LogP contribution in [0.3, 0.4) is 0 Å². The van der Waals surface area contributed by atoms with Crippen LogP contribution in [0.4, 0.5) is 13.2 Å². The second kappa shape index (κ2) is 11.6. The first-order valence-electron chi connectivity index (χ1n) is 10.7. The van der Waals surface area contributed by atoms with E-state index in [9.17, 15) is 13.2 Å². The molecular weight excluding hydrogens is 551 g/mol. The zero-order valence-corrected chi connectivity index (χ0v) is 21.9. The zero-order valence-electron chi connectivity index (χ0n) is 18.9. The summed E-state index contributed by atoms with van der Waals surface area (Å²) in [5.74, 6) is 1.18. The summed E-state index contributed by atoms with van der Waals surface area (Å²) in [4.78, 5) is 0. The molecule has 4 nitrogen and oxygen atoms in total. The monoisotopic (exact) mass is 572 g/mol. The van der Waals surface area contributed by atoms with Gasteiger partial charge in [0.1, 0.15) is 22.4 Å². The molecule has 11 heteroatoms. The maximum atomic E-state index is 13.3. The molecule has 1 heterocycles. The van der Waals surface area contributed by atoms with Crippen LogP contribution in [0.2, 0.25) is 10.0 Å². The van der Waals surface area contributed by atoms with Crippen LogP contribution in [0.5, 0.6) is 23.0 Å². The number of halogens is 7. The Kier molecular flexibility index (Phi) is 9.24. The molecule has 0 aliphatic carbocycles. The van der Waals surface area contributed by atoms with Gasteiger partial charge in [-0.1, -0.05) is 46.4 Å². The van der Waals surface area contributed by atoms with Crippen molar-refractivity contribution in [1.29, 1.82) is 0 Å². The van der Waals surface area contributed by atoms with Crippen molar-refractivity contribution in [2.24, 2.45) is 0 Å². The van der Waals surface area contributed by atoms with Gasteiger partial charge in [-0.15, -0.1) is 0 Å². The summed E-state index contributed by atoms with van der Waals surface area (Å²) in [6.45, 7) is 4.25. The summed E-state index contributed by atoms with van der Waals surface area (Å²) in [5, 5.41) is 0.535. The topological polar surface area (TPSA) is 36.9 Å². The summed E-state index contributed by atoms with van der Waals surface area (Å²) >= 11 is 23.5. The molecule has 35 heavy (non-hydrogen) atoms. The number of fused-ring (bicyclic) bond motifs is 1. The minimum atomic E-state index is -4.47. The van der Waals surface area contributed by atoms with E-state index in [1.165, 1.54) is 6.08 Å². The van der Waals surface area contributed by atoms with Crippen molar-refractivity contribution < 1.29 is 32.1 Å². The van der Waals surface area contributed by atoms with Crippen molar-refractivity contribution >= 4 is 46.4 Å². The third kappa shape index (κ3) is 7.91. The summed E-state index contributed by atoms with van der Waals surface area (Å²) in [7, 11) is 0. The van der Waals surface area contributed by atoms with Crippen molar-refractivity contribution in [1.82, 2.24) is 0 Å². The van der Waals surface area contributed by atoms with E-state index in [1.807, 2.05) is 13.8 Å². The summed E-state index contributed by atoms with van der Waals surface area (Å²) in [5.41, 5.74) is -0.859. The second-order valence-electron chi connectivity index (χ2n) is 8.42. The molecule has 2 aromatic rings. The van der Waals surface area contributed by atoms with Gasteiger partial charge >= 0.3 is 6.18 Å². The van der Waals surface area contributed by atoms with E-state index in [1.54, 1.807) is 12.1 Å². The number of hydrogen-bond acceptors (Lipinski definition) is 4. The van der Waals surface area contributed by atoms with E-state index >= 15 is 0 Å². The predicted octanol–water partition coefficient (Wildman–Crippen LogP) is 8.66. The fourth-order valence-electron chi connectivity index (χ4n) is 3.47. The van der Waals surface area contributed by atoms with Gasteiger partial charge in [-0.3, -0.25) is 0 Å². The maximum absolute atomic E-state index is 13.3. The van der Waals surface area contributed by atoms with Gasteiger partial charge in [-0.2, -0.15) is 13.2 Å². The zero-order chi connectivity index (χ0) is 25.8. The lowest BCUT2D eigenvalue weighted by atomic mass is 10.00. The van der Waals surface area contributed by atoms with Gasteiger partial charge in [0.05, 0.1) is 28.8 Å². The lowest BCUT2D eigenvalue weighted by Crippen LogP contribution is -2.24. The molecule has 0 spiro atoms. The molecular formula is C24H23Cl4F3O4. The van der Waals surface area contributed by atoms with Gasteiger partial charge in [-0.25, -0.2) is 0 Å². The molecule has 1 aliphatic rings. The third-order valence-electron chi connectivity index (χ3n) is 4.96. The third-order valence-corrected chi connectivity index (χ3v) is 5.83. The molecule has 0 radical (unpaired) electrons. The Balaban J connectivity index is 1.52. The molecule has 0 N–H and O–H groups in total. The van der Waals surface area contributed by atoms with Crippen LogP contribution in [0.25, 0.3) is 0 Å². The largest absolute Gasteiger partial charge is 0.490 e. The van der Waals surface area contributed by atoms with Crippen LogP contribution < -0.4 is 18.9 Å². The van der Waals surface area contributed by atoms with E-state index in [-0.39, 0.29) is 40.1 Å². The summed E-state index contributed by atoms with van der Waals surface area (Å²) in [6.07, 6.45) is -1.55. The molecule has 0 saturated carbocycles. The van der Waals surface area contributed by atoms with Crippen LogP contribution in [0, 0.1) is 0 Å². The van der Waals surface area contributed by atoms with E-state index in [0.717, 1.165) is 12.1 Å². The molecule has 0 amide bonds. The van der Waals surface area contributed by atoms with Gasteiger partial charge in [0.25, 0.3) is 0 Å². The Morgan fingerprint density at radius 2 is 1.63 bits per heavy atom. The fraction of sp³-hybridized carbons (Fsp3) is 0.417. The highest BCUT2D eigenvalue weighted by Gasteiger charge is 2.38. The molecule has 0 bridgehead atoms. The minimum Gasteiger partial charge on any atom is -0.490 e. The predicted molar refractivity (Wildman–Crippen MR) is 132 cm³/mol. The average Bonchev–Trinajstić information content (AvgIpc) is 3.05. The first-order chi connectivity index (χ1) is 16.4. The lowest BCUT2D eigenvalue weighted by molar-refractivity contribution is -0.137. The highest BCUT2D eigenvalue weighted by molar-refractivity contribution is 6.55. The van der Waals surface area contributed by atoms with Crippen molar-refractivity contribution in [2.45, 2.75) is 44.9 Å². The lowest BCUT2D eigenvalue weighted by Gasteiger charge is -2.18. The molecule has 1 aliphatic heterocycles. The molecule has 0 unspecified atom stereocenters. The molecule has 2 aromatic carbocycles. The smallest absolute Gasteiger partial charge is 0.416 e. The average molecular weight is 574 g/mol. The Bertz CT molecular complexity index is 1060. The van der Waals surface area contributed by atoms with Gasteiger partial charge in [0, 0.05) is 24.1 Å². The van der Waals surface area contributed by atoms with Gasteiger partial charge in [-0.05, 0) is 44.9 Å². The maximum Gasteiger partial charge on any atom is 0.416 e. The fourth-order valence-corrected chi connectivity index (χ4v) is 4.17. The highest BCUT2D eigenvalue weighted by Crippen LogP contribution is 2.45. The standard InChI is InChI=1S/C24H23Cl4F3O4/c1-23(2)13-14-9-15(24(29,30)31)10-19(21(14)35-23)33-6-3-4-7-34-22-17(25)11-16(12-18(22)26)32-8-5-20(27)28/h5,9-12H,3-4,6-8,13H2,1-2H3. The molecule has 0 aromatic heterocycles. The van der Waals surface area contributed by atoms with Crippen molar-refractivity contribution in [3.8, 4) is 23.0 Å². The summed E-state index contributed by atoms with van der Waals surface area (Å²) < 4.78 is 62.6. The van der Waals surface area contributed by atoms with Crippen molar-refractivity contribution in [3.05, 3.63) is 56.0 Å². The van der Waals surface area contributed by atoms with Crippen molar-refractivity contribution in [2.75, 3.05) is 19.8 Å². The molecule has 3 rings (SSSR count). The van der Waals surface area contributed by atoms with Crippen LogP contribution >= 0.6 is 46.4 Å². The Morgan fingerprint density at radius 1 is 1.00 bits per heavy atom. The molecule has 192 valence electrons. The van der Waals surface area contributed by atoms with E-state index < -0.39 is 17.3 Å². The number of benzene rings is 2. The Hall–Kier alpha value is -1.67. The van der Waals surface area contributed by atoms with Gasteiger partial charge in [0.2, 0.25) is 0 Å². The quantitative estimate of drug-likeness (QED) is 0.266. The highest BCUT2D eigenvalue weighted by atomic mass is 35.5. The summed E-state index contributed by atoms with van der Waals surface area (Å²) in [6, 6.07) is 5.21. The number of ether oxygens (including phenoxy) is 4. The van der Waals surface area contributed by atoms with Crippen LogP contribution in [0.15, 0.2) is 34.8 Å².